The molecule has 0 aromatic heterocycles. The molecule has 0 aliphatic heterocycles. The van der Waals surface area contributed by atoms with Crippen LogP contribution in [0.25, 0.3) is 6.08 Å². The second kappa shape index (κ2) is 9.15. The second-order valence-electron chi connectivity index (χ2n) is 6.31. The van der Waals surface area contributed by atoms with Crippen LogP contribution in [-0.2, 0) is 10.0 Å². The van der Waals surface area contributed by atoms with Gasteiger partial charge in [-0.25, -0.2) is 8.42 Å². The molecule has 7 nitrogen and oxygen atoms in total. The lowest BCUT2D eigenvalue weighted by Crippen LogP contribution is -2.31. The predicted molar refractivity (Wildman–Crippen MR) is 115 cm³/mol. The molecule has 0 aliphatic carbocycles. The molecule has 0 saturated carbocycles. The number of hydrogen-bond donors (Lipinski definition) is 0. The van der Waals surface area contributed by atoms with Crippen LogP contribution in [-0.4, -0.2) is 26.2 Å². The van der Waals surface area contributed by atoms with E-state index in [9.17, 15) is 23.3 Å². The van der Waals surface area contributed by atoms with Gasteiger partial charge in [0.05, 0.1) is 22.1 Å². The molecule has 0 aliphatic rings. The molecule has 0 radical (unpaired) electrons. The van der Waals surface area contributed by atoms with Crippen molar-refractivity contribution in [2.75, 3.05) is 10.8 Å². The second-order valence-corrected chi connectivity index (χ2v) is 8.18. The highest BCUT2D eigenvalue weighted by Gasteiger charge is 2.25. The molecule has 0 unspecified atom stereocenters. The van der Waals surface area contributed by atoms with Crippen molar-refractivity contribution in [3.8, 4) is 0 Å². The maximum atomic E-state index is 13.3. The summed E-state index contributed by atoms with van der Waals surface area (Å²) >= 11 is 0. The molecule has 30 heavy (non-hydrogen) atoms. The third-order valence-corrected chi connectivity index (χ3v) is 6.12. The lowest BCUT2D eigenvalue weighted by molar-refractivity contribution is -0.384. The van der Waals surface area contributed by atoms with E-state index in [1.54, 1.807) is 30.4 Å². The van der Waals surface area contributed by atoms with Crippen molar-refractivity contribution >= 4 is 33.8 Å². The monoisotopic (exact) mass is 422 g/mol. The molecule has 0 amide bonds. The third-order valence-electron chi connectivity index (χ3n) is 4.31. The number of carbonyl (C=O) groups excluding carboxylic acids is 1. The van der Waals surface area contributed by atoms with Crippen LogP contribution in [0.15, 0.2) is 89.8 Å². The number of sulfonamides is 1. The van der Waals surface area contributed by atoms with Gasteiger partial charge in [0.2, 0.25) is 0 Å². The number of rotatable bonds is 8. The number of hydrogen-bond acceptors (Lipinski definition) is 5. The Bertz CT molecular complexity index is 1170. The largest absolute Gasteiger partial charge is 0.298 e. The summed E-state index contributed by atoms with van der Waals surface area (Å²) < 4.78 is 27.7. The van der Waals surface area contributed by atoms with Gasteiger partial charge in [0, 0.05) is 17.7 Å². The number of nitrogens with zero attached hydrogens (tertiary/aromatic N) is 2. The van der Waals surface area contributed by atoms with E-state index in [0.29, 0.717) is 17.5 Å². The highest BCUT2D eigenvalue weighted by molar-refractivity contribution is 7.92. The average Bonchev–Trinajstić information content (AvgIpc) is 2.77. The van der Waals surface area contributed by atoms with Crippen molar-refractivity contribution in [2.24, 2.45) is 0 Å². The lowest BCUT2D eigenvalue weighted by atomic mass is 10.2. The van der Waals surface area contributed by atoms with Gasteiger partial charge in [0.1, 0.15) is 6.29 Å². The Labute approximate surface area is 174 Å². The molecule has 0 atom stereocenters. The van der Waals surface area contributed by atoms with Gasteiger partial charge in [-0.15, -0.1) is 0 Å². The highest BCUT2D eigenvalue weighted by atomic mass is 32.2. The quantitative estimate of drug-likeness (QED) is 0.306. The van der Waals surface area contributed by atoms with E-state index >= 15 is 0 Å². The van der Waals surface area contributed by atoms with Crippen LogP contribution in [0.5, 0.6) is 0 Å². The van der Waals surface area contributed by atoms with Crippen molar-refractivity contribution in [2.45, 2.75) is 4.90 Å². The SMILES string of the molecule is O=Cc1cccc(N(CC=Cc2ccccc2)S(=O)(=O)c2ccc([N+](=O)[O-])cc2)c1. The fourth-order valence-electron chi connectivity index (χ4n) is 2.81. The fraction of sp³-hybridized carbons (Fsp3) is 0.0455. The normalized spacial score (nSPS) is 11.3. The summed E-state index contributed by atoms with van der Waals surface area (Å²) in [4.78, 5) is 21.3. The van der Waals surface area contributed by atoms with Crippen molar-refractivity contribution in [1.29, 1.82) is 0 Å². The van der Waals surface area contributed by atoms with Crippen molar-refractivity contribution in [1.82, 2.24) is 0 Å². The van der Waals surface area contributed by atoms with Crippen LogP contribution in [0.2, 0.25) is 0 Å². The minimum absolute atomic E-state index is 0.0104. The van der Waals surface area contributed by atoms with E-state index in [1.807, 2.05) is 30.3 Å². The van der Waals surface area contributed by atoms with E-state index in [2.05, 4.69) is 0 Å². The summed E-state index contributed by atoms with van der Waals surface area (Å²) in [5, 5.41) is 10.9. The zero-order valence-electron chi connectivity index (χ0n) is 15.8. The molecule has 0 saturated heterocycles. The molecule has 3 aromatic rings. The van der Waals surface area contributed by atoms with Crippen LogP contribution in [0.1, 0.15) is 15.9 Å². The minimum Gasteiger partial charge on any atom is -0.298 e. The lowest BCUT2D eigenvalue weighted by Gasteiger charge is -2.23. The Morgan fingerprint density at radius 2 is 1.57 bits per heavy atom. The molecule has 0 heterocycles. The third kappa shape index (κ3) is 4.79. The number of non-ortho nitro benzene ring substituents is 1. The Morgan fingerprint density at radius 1 is 0.900 bits per heavy atom. The summed E-state index contributed by atoms with van der Waals surface area (Å²) in [6, 6.07) is 20.3. The van der Waals surface area contributed by atoms with E-state index in [0.717, 1.165) is 22.0 Å². The van der Waals surface area contributed by atoms with Crippen LogP contribution in [0, 0.1) is 10.1 Å². The minimum atomic E-state index is -4.03. The van der Waals surface area contributed by atoms with Crippen molar-refractivity contribution in [3.05, 3.63) is 106 Å². The van der Waals surface area contributed by atoms with Gasteiger partial charge < -0.3 is 0 Å². The molecule has 8 heteroatoms. The van der Waals surface area contributed by atoms with Gasteiger partial charge in [-0.3, -0.25) is 19.2 Å². The van der Waals surface area contributed by atoms with Gasteiger partial charge in [0.15, 0.2) is 0 Å². The summed E-state index contributed by atoms with van der Waals surface area (Å²) in [7, 11) is -4.03. The van der Waals surface area contributed by atoms with Crippen LogP contribution < -0.4 is 4.31 Å². The van der Waals surface area contributed by atoms with Crippen LogP contribution >= 0.6 is 0 Å². The first-order chi connectivity index (χ1) is 14.4. The Kier molecular flexibility index (Phi) is 6.38. The summed E-state index contributed by atoms with van der Waals surface area (Å²) in [5.41, 5.74) is 1.36. The molecule has 0 fully saturated rings. The molecular weight excluding hydrogens is 404 g/mol. The number of benzene rings is 3. The van der Waals surface area contributed by atoms with E-state index in [1.165, 1.54) is 18.2 Å². The van der Waals surface area contributed by atoms with Crippen molar-refractivity contribution < 1.29 is 18.1 Å². The van der Waals surface area contributed by atoms with Gasteiger partial charge in [-0.1, -0.05) is 54.6 Å². The first-order valence-corrected chi connectivity index (χ1v) is 10.4. The van der Waals surface area contributed by atoms with Gasteiger partial charge in [0.25, 0.3) is 15.7 Å². The molecule has 0 spiro atoms. The van der Waals surface area contributed by atoms with Crippen LogP contribution in [0.3, 0.4) is 0 Å². The van der Waals surface area contributed by atoms with E-state index in [-0.39, 0.29) is 17.1 Å². The highest BCUT2D eigenvalue weighted by Crippen LogP contribution is 2.26. The first kappa shape index (κ1) is 20.9. The summed E-state index contributed by atoms with van der Waals surface area (Å²) in [6.07, 6.45) is 4.13. The number of carbonyl (C=O) groups is 1. The Hall–Kier alpha value is -3.78. The molecule has 152 valence electrons. The Balaban J connectivity index is 1.99. The number of anilines is 1. The smallest absolute Gasteiger partial charge is 0.269 e. The molecule has 0 N–H and O–H groups in total. The molecule has 3 rings (SSSR count). The van der Waals surface area contributed by atoms with Gasteiger partial charge in [-0.2, -0.15) is 0 Å². The maximum absolute atomic E-state index is 13.3. The number of nitro benzene ring substituents is 1. The summed E-state index contributed by atoms with van der Waals surface area (Å²) in [5.74, 6) is 0. The van der Waals surface area contributed by atoms with E-state index < -0.39 is 14.9 Å². The number of nitro groups is 1. The number of aldehydes is 1. The summed E-state index contributed by atoms with van der Waals surface area (Å²) in [6.45, 7) is 0.0104. The maximum Gasteiger partial charge on any atom is 0.269 e. The van der Waals surface area contributed by atoms with Crippen molar-refractivity contribution in [3.63, 3.8) is 0 Å². The fourth-order valence-corrected chi connectivity index (χ4v) is 4.22. The topological polar surface area (TPSA) is 97.6 Å². The molecular formula is C22H18N2O5S. The van der Waals surface area contributed by atoms with Gasteiger partial charge >= 0.3 is 0 Å². The first-order valence-electron chi connectivity index (χ1n) is 8.96. The zero-order valence-corrected chi connectivity index (χ0v) is 16.6. The Morgan fingerprint density at radius 3 is 2.20 bits per heavy atom. The van der Waals surface area contributed by atoms with Gasteiger partial charge in [-0.05, 0) is 29.8 Å². The molecule has 3 aromatic carbocycles. The predicted octanol–water partition coefficient (Wildman–Crippen LogP) is 4.32. The zero-order chi connectivity index (χ0) is 21.6. The van der Waals surface area contributed by atoms with E-state index in [4.69, 9.17) is 0 Å². The average molecular weight is 422 g/mol. The molecule has 0 bridgehead atoms. The standard InChI is InChI=1S/C22H18N2O5S/c25-17-19-8-4-10-21(16-19)23(15-5-9-18-6-2-1-3-7-18)30(28,29)22-13-11-20(12-14-22)24(26)27/h1-14,16-17H,15H2. The van der Waals surface area contributed by atoms with Crippen LogP contribution in [0.4, 0.5) is 11.4 Å².